The number of methoxy groups -OCH3 is 1. The molecule has 1 aliphatic carbocycles. The number of ketones is 1. The first kappa shape index (κ1) is 26.0. The molecule has 2 fully saturated rings. The predicted octanol–water partition coefficient (Wildman–Crippen LogP) is 2.94. The van der Waals surface area contributed by atoms with E-state index in [2.05, 4.69) is 9.71 Å². The number of hydrogen-bond acceptors (Lipinski definition) is 10. The summed E-state index contributed by atoms with van der Waals surface area (Å²) < 4.78 is 58.2. The summed E-state index contributed by atoms with van der Waals surface area (Å²) in [5.41, 5.74) is 1.31. The number of rotatable bonds is 7. The number of carbonyl (C=O) groups excluding carboxylic acids is 1. The van der Waals surface area contributed by atoms with Gasteiger partial charge in [0.25, 0.3) is 0 Å². The number of carbonyl (C=O) groups is 1. The quantitative estimate of drug-likeness (QED) is 0.472. The Labute approximate surface area is 219 Å². The Kier molecular flexibility index (Phi) is 7.30. The number of nitrogens with zero attached hydrogens (tertiary/aromatic N) is 4. The van der Waals surface area contributed by atoms with Gasteiger partial charge in [0.1, 0.15) is 28.6 Å². The zero-order chi connectivity index (χ0) is 26.9. The monoisotopic (exact) mass is 545 g/mol. The highest BCUT2D eigenvalue weighted by Gasteiger charge is 2.25. The maximum absolute atomic E-state index is 14.9. The standard InChI is InChI=1S/C25H28FN5O6S/c1-35-24-20(30-38(2,33)34)11-15(14-27-24)22-19-12-16(26)13-21(37-18-5-3-17(32)4-6-18)23(19)29-25(28-22)31-7-9-36-10-8-31/h11-14,18,30H,3-10H2,1-2H3. The lowest BCUT2D eigenvalue weighted by atomic mass is 9.96. The topological polar surface area (TPSA) is 133 Å². The number of halogens is 1. The number of morpholine rings is 1. The van der Waals surface area contributed by atoms with Crippen molar-refractivity contribution in [2.45, 2.75) is 31.8 Å². The maximum atomic E-state index is 14.9. The number of aromatic nitrogens is 3. The van der Waals surface area contributed by atoms with Crippen LogP contribution in [0, 0.1) is 5.82 Å². The van der Waals surface area contributed by atoms with Gasteiger partial charge in [-0.25, -0.2) is 27.8 Å². The van der Waals surface area contributed by atoms with Crippen LogP contribution in [0.4, 0.5) is 16.0 Å². The van der Waals surface area contributed by atoms with E-state index in [-0.39, 0.29) is 29.2 Å². The molecule has 3 heterocycles. The highest BCUT2D eigenvalue weighted by molar-refractivity contribution is 7.92. The van der Waals surface area contributed by atoms with E-state index in [1.807, 2.05) is 4.90 Å². The third-order valence-corrected chi connectivity index (χ3v) is 7.00. The van der Waals surface area contributed by atoms with E-state index >= 15 is 0 Å². The summed E-state index contributed by atoms with van der Waals surface area (Å²) in [6, 6.07) is 4.15. The van der Waals surface area contributed by atoms with Crippen LogP contribution in [-0.4, -0.2) is 74.9 Å². The lowest BCUT2D eigenvalue weighted by molar-refractivity contribution is -0.121. The van der Waals surface area contributed by atoms with Crippen molar-refractivity contribution in [1.29, 1.82) is 0 Å². The SMILES string of the molecule is COc1ncc(-c2nc(N3CCOCC3)nc3c(OC4CCC(=O)CC4)cc(F)cc23)cc1NS(C)(=O)=O. The van der Waals surface area contributed by atoms with Crippen molar-refractivity contribution < 1.29 is 31.8 Å². The van der Waals surface area contributed by atoms with Crippen LogP contribution in [0.3, 0.4) is 0 Å². The van der Waals surface area contributed by atoms with Crippen LogP contribution in [0.15, 0.2) is 24.4 Å². The van der Waals surface area contributed by atoms with Crippen LogP contribution in [0.2, 0.25) is 0 Å². The fourth-order valence-electron chi connectivity index (χ4n) is 4.60. The molecule has 0 radical (unpaired) electrons. The zero-order valence-corrected chi connectivity index (χ0v) is 21.9. The average molecular weight is 546 g/mol. The van der Waals surface area contributed by atoms with Crippen molar-refractivity contribution in [3.05, 3.63) is 30.2 Å². The van der Waals surface area contributed by atoms with Gasteiger partial charge in [0.2, 0.25) is 21.9 Å². The van der Waals surface area contributed by atoms with Gasteiger partial charge < -0.3 is 19.1 Å². The van der Waals surface area contributed by atoms with Crippen molar-refractivity contribution in [2.24, 2.45) is 0 Å². The van der Waals surface area contributed by atoms with E-state index in [1.54, 1.807) is 0 Å². The van der Waals surface area contributed by atoms with Gasteiger partial charge in [0.15, 0.2) is 0 Å². The van der Waals surface area contributed by atoms with Gasteiger partial charge >= 0.3 is 0 Å². The molecule has 1 N–H and O–H groups in total. The molecule has 5 rings (SSSR count). The van der Waals surface area contributed by atoms with Crippen molar-refractivity contribution in [3.63, 3.8) is 0 Å². The number of hydrogen-bond donors (Lipinski definition) is 1. The lowest BCUT2D eigenvalue weighted by Crippen LogP contribution is -2.37. The summed E-state index contributed by atoms with van der Waals surface area (Å²) in [7, 11) is -2.26. The predicted molar refractivity (Wildman–Crippen MR) is 139 cm³/mol. The molecule has 0 spiro atoms. The first-order valence-corrected chi connectivity index (χ1v) is 14.1. The Bertz CT molecular complexity index is 1470. The highest BCUT2D eigenvalue weighted by Crippen LogP contribution is 2.37. The van der Waals surface area contributed by atoms with Crippen molar-refractivity contribution in [3.8, 4) is 22.9 Å². The average Bonchev–Trinajstić information content (AvgIpc) is 2.89. The minimum Gasteiger partial charge on any atom is -0.488 e. The highest BCUT2D eigenvalue weighted by atomic mass is 32.2. The zero-order valence-electron chi connectivity index (χ0n) is 21.1. The van der Waals surface area contributed by atoms with E-state index in [0.29, 0.717) is 80.1 Å². The van der Waals surface area contributed by atoms with Gasteiger partial charge in [0, 0.05) is 49.1 Å². The molecule has 1 aromatic carbocycles. The number of benzene rings is 1. The van der Waals surface area contributed by atoms with Crippen LogP contribution in [-0.2, 0) is 19.6 Å². The molecule has 2 aliphatic rings. The smallest absolute Gasteiger partial charge is 0.238 e. The molecular weight excluding hydrogens is 517 g/mol. The molecule has 1 aliphatic heterocycles. The molecule has 1 saturated heterocycles. The molecule has 2 aromatic heterocycles. The molecule has 0 unspecified atom stereocenters. The summed E-state index contributed by atoms with van der Waals surface area (Å²) >= 11 is 0. The van der Waals surface area contributed by atoms with Crippen LogP contribution in [0.5, 0.6) is 11.6 Å². The normalized spacial score (nSPS) is 17.0. The number of nitrogens with one attached hydrogen (secondary N) is 1. The van der Waals surface area contributed by atoms with Crippen LogP contribution in [0.1, 0.15) is 25.7 Å². The largest absolute Gasteiger partial charge is 0.488 e. The second-order valence-corrected chi connectivity index (χ2v) is 11.0. The number of pyridine rings is 1. The third kappa shape index (κ3) is 5.78. The number of anilines is 2. The molecule has 0 amide bonds. The maximum Gasteiger partial charge on any atom is 0.238 e. The Hall–Kier alpha value is -3.58. The van der Waals surface area contributed by atoms with Crippen molar-refractivity contribution in [1.82, 2.24) is 15.0 Å². The lowest BCUT2D eigenvalue weighted by Gasteiger charge is -2.28. The molecule has 202 valence electrons. The van der Waals surface area contributed by atoms with Gasteiger partial charge in [-0.15, -0.1) is 0 Å². The summed E-state index contributed by atoms with van der Waals surface area (Å²) in [5.74, 6) is 0.388. The summed E-state index contributed by atoms with van der Waals surface area (Å²) in [4.78, 5) is 27.4. The Balaban J connectivity index is 1.67. The Morgan fingerprint density at radius 3 is 2.55 bits per heavy atom. The minimum atomic E-state index is -3.64. The van der Waals surface area contributed by atoms with Crippen molar-refractivity contribution in [2.75, 3.05) is 49.3 Å². The van der Waals surface area contributed by atoms with E-state index in [1.165, 1.54) is 31.5 Å². The van der Waals surface area contributed by atoms with E-state index < -0.39 is 15.8 Å². The second-order valence-electron chi connectivity index (χ2n) is 9.28. The summed E-state index contributed by atoms with van der Waals surface area (Å²) in [5, 5.41) is 0.376. The molecule has 13 heteroatoms. The number of sulfonamides is 1. The van der Waals surface area contributed by atoms with Crippen LogP contribution < -0.4 is 19.1 Å². The molecule has 38 heavy (non-hydrogen) atoms. The fourth-order valence-corrected chi connectivity index (χ4v) is 5.14. The van der Waals surface area contributed by atoms with E-state index in [4.69, 9.17) is 24.2 Å². The first-order chi connectivity index (χ1) is 18.2. The van der Waals surface area contributed by atoms with Gasteiger partial charge in [-0.2, -0.15) is 0 Å². The fraction of sp³-hybridized carbons (Fsp3) is 0.440. The van der Waals surface area contributed by atoms with E-state index in [9.17, 15) is 17.6 Å². The number of fused-ring (bicyclic) bond motifs is 1. The summed E-state index contributed by atoms with van der Waals surface area (Å²) in [6.45, 7) is 2.14. The van der Waals surface area contributed by atoms with Crippen LogP contribution in [0.25, 0.3) is 22.2 Å². The number of Topliss-reactive ketones (excluding diaryl/α,β-unsaturated/α-hetero) is 1. The Morgan fingerprint density at radius 1 is 1.13 bits per heavy atom. The number of ether oxygens (including phenoxy) is 3. The molecule has 11 nitrogen and oxygen atoms in total. The van der Waals surface area contributed by atoms with Gasteiger partial charge in [-0.1, -0.05) is 0 Å². The first-order valence-electron chi connectivity index (χ1n) is 12.2. The second kappa shape index (κ2) is 10.7. The van der Waals surface area contributed by atoms with Crippen molar-refractivity contribution >= 4 is 38.3 Å². The van der Waals surface area contributed by atoms with Gasteiger partial charge in [-0.3, -0.25) is 9.52 Å². The molecule has 1 saturated carbocycles. The van der Waals surface area contributed by atoms with Gasteiger partial charge in [0.05, 0.1) is 38.4 Å². The molecule has 0 bridgehead atoms. The Morgan fingerprint density at radius 2 is 1.87 bits per heavy atom. The third-order valence-electron chi connectivity index (χ3n) is 6.41. The molecular formula is C25H28FN5O6S. The van der Waals surface area contributed by atoms with Gasteiger partial charge in [-0.05, 0) is 25.0 Å². The molecule has 3 aromatic rings. The minimum absolute atomic E-state index is 0.0768. The van der Waals surface area contributed by atoms with Crippen LogP contribution >= 0.6 is 0 Å². The molecule has 0 atom stereocenters. The van der Waals surface area contributed by atoms with E-state index in [0.717, 1.165) is 6.26 Å². The summed E-state index contributed by atoms with van der Waals surface area (Å²) in [6.07, 6.45) is 4.21.